The van der Waals surface area contributed by atoms with Gasteiger partial charge in [-0.05, 0) is 85.7 Å². The first-order chi connectivity index (χ1) is 19.6. The molecule has 0 N–H and O–H groups in total. The molecule has 0 spiro atoms. The molecular weight excluding hydrogens is 533 g/mol. The summed E-state index contributed by atoms with van der Waals surface area (Å²) in [6.45, 7) is 13.3. The zero-order valence-electron chi connectivity index (χ0n) is 25.8. The lowest BCUT2D eigenvalue weighted by Crippen LogP contribution is -2.35. The van der Waals surface area contributed by atoms with Crippen molar-refractivity contribution in [3.8, 4) is 0 Å². The van der Waals surface area contributed by atoms with Crippen LogP contribution in [0.4, 0.5) is 0 Å². The second-order valence-electron chi connectivity index (χ2n) is 13.2. The average molecular weight is 584 g/mol. The summed E-state index contributed by atoms with van der Waals surface area (Å²) in [6.07, 6.45) is 8.79. The Morgan fingerprint density at radius 2 is 1.41 bits per heavy atom. The van der Waals surface area contributed by atoms with Gasteiger partial charge in [0.25, 0.3) is 0 Å². The summed E-state index contributed by atoms with van der Waals surface area (Å²) in [7, 11) is -4.02. The Morgan fingerprint density at radius 3 is 1.90 bits per heavy atom. The van der Waals surface area contributed by atoms with E-state index >= 15 is 4.57 Å². The summed E-state index contributed by atoms with van der Waals surface area (Å²) in [6, 6.07) is 13.0. The highest BCUT2D eigenvalue weighted by Crippen LogP contribution is 2.65. The molecule has 2 fully saturated rings. The van der Waals surface area contributed by atoms with Crippen molar-refractivity contribution in [3.63, 3.8) is 0 Å². The summed E-state index contributed by atoms with van der Waals surface area (Å²) >= 11 is 0. The summed E-state index contributed by atoms with van der Waals surface area (Å²) in [4.78, 5) is 17.6. The van der Waals surface area contributed by atoms with Crippen LogP contribution in [0.5, 0.6) is 0 Å². The van der Waals surface area contributed by atoms with Gasteiger partial charge >= 0.3 is 13.6 Å². The molecule has 0 bridgehead atoms. The Hall–Kier alpha value is -2.01. The molecule has 226 valence electrons. The number of hydrogen-bond donors (Lipinski definition) is 0. The number of rotatable bonds is 11. The van der Waals surface area contributed by atoms with Crippen LogP contribution >= 0.6 is 7.60 Å². The number of nitrogens with zero attached hydrogens (tertiary/aromatic N) is 1. The fraction of sp³-hybridized carbons (Fsp3) is 0.647. The molecule has 1 aromatic carbocycles. The molecule has 2 aromatic rings. The number of hydrogen-bond acceptors (Lipinski definition) is 6. The highest BCUT2D eigenvalue weighted by molar-refractivity contribution is 7.54. The number of ether oxygens (including phenoxy) is 1. The van der Waals surface area contributed by atoms with E-state index < -0.39 is 19.4 Å². The molecule has 0 radical (unpaired) electrons. The molecule has 6 nitrogen and oxygen atoms in total. The van der Waals surface area contributed by atoms with Crippen LogP contribution in [0.3, 0.4) is 0 Å². The molecule has 0 amide bonds. The van der Waals surface area contributed by atoms with E-state index in [1.807, 2.05) is 30.3 Å². The van der Waals surface area contributed by atoms with Crippen LogP contribution in [0.1, 0.15) is 97.0 Å². The topological polar surface area (TPSA) is 74.7 Å². The zero-order chi connectivity index (χ0) is 29.6. The van der Waals surface area contributed by atoms with Gasteiger partial charge in [-0.1, -0.05) is 77.9 Å². The van der Waals surface area contributed by atoms with Crippen molar-refractivity contribution in [2.45, 2.75) is 105 Å². The monoisotopic (exact) mass is 583 g/mol. The number of aromatic nitrogens is 1. The van der Waals surface area contributed by atoms with Gasteiger partial charge in [-0.3, -0.25) is 14.3 Å². The van der Waals surface area contributed by atoms with E-state index in [0.717, 1.165) is 44.1 Å². The molecule has 2 saturated carbocycles. The molecule has 41 heavy (non-hydrogen) atoms. The SMILES string of the molecule is CC(C)C1CCC(C)C(OP(=O)(OC2CC(C(C)C)CCC2C)C(OC(=O)Cc2ccccc2)c2cccnc2)C1. The minimum atomic E-state index is -4.02. The van der Waals surface area contributed by atoms with E-state index in [-0.39, 0.29) is 30.5 Å². The Labute approximate surface area is 247 Å². The summed E-state index contributed by atoms with van der Waals surface area (Å²) in [5.41, 5.74) is 1.37. The van der Waals surface area contributed by atoms with E-state index in [9.17, 15) is 4.79 Å². The smallest absolute Gasteiger partial charge is 0.376 e. The minimum Gasteiger partial charge on any atom is -0.444 e. The van der Waals surface area contributed by atoms with Gasteiger partial charge in [0.2, 0.25) is 5.85 Å². The quantitative estimate of drug-likeness (QED) is 0.194. The zero-order valence-corrected chi connectivity index (χ0v) is 26.7. The van der Waals surface area contributed by atoms with Crippen molar-refractivity contribution >= 4 is 13.6 Å². The van der Waals surface area contributed by atoms with Gasteiger partial charge in [-0.15, -0.1) is 0 Å². The number of esters is 1. The third-order valence-corrected chi connectivity index (χ3v) is 11.6. The van der Waals surface area contributed by atoms with Crippen molar-refractivity contribution < 1.29 is 23.1 Å². The Bertz CT molecular complexity index is 1100. The lowest BCUT2D eigenvalue weighted by atomic mass is 9.76. The van der Waals surface area contributed by atoms with Crippen LogP contribution in [-0.4, -0.2) is 23.2 Å². The third kappa shape index (κ3) is 8.52. The molecule has 0 aliphatic heterocycles. The van der Waals surface area contributed by atoms with Gasteiger partial charge in [0.1, 0.15) is 0 Å². The summed E-state index contributed by atoms with van der Waals surface area (Å²) in [5, 5.41) is 0. The molecule has 1 heterocycles. The number of carbonyl (C=O) groups is 1. The highest BCUT2D eigenvalue weighted by Gasteiger charge is 2.48. The van der Waals surface area contributed by atoms with Gasteiger partial charge in [-0.25, -0.2) is 0 Å². The van der Waals surface area contributed by atoms with Crippen LogP contribution in [0.15, 0.2) is 54.9 Å². The van der Waals surface area contributed by atoms with Crippen molar-refractivity contribution in [3.05, 3.63) is 66.0 Å². The largest absolute Gasteiger partial charge is 0.444 e. The number of pyridine rings is 1. The molecule has 0 saturated heterocycles. The van der Waals surface area contributed by atoms with Crippen LogP contribution in [0.25, 0.3) is 0 Å². The molecular formula is C34H50NO5P. The lowest BCUT2D eigenvalue weighted by Gasteiger charge is -2.42. The Morgan fingerprint density at radius 1 is 0.854 bits per heavy atom. The van der Waals surface area contributed by atoms with E-state index in [1.165, 1.54) is 0 Å². The van der Waals surface area contributed by atoms with Crippen LogP contribution in [-0.2, 0) is 29.6 Å². The van der Waals surface area contributed by atoms with Crippen LogP contribution in [0.2, 0.25) is 0 Å². The predicted octanol–water partition coefficient (Wildman–Crippen LogP) is 9.01. The number of carbonyl (C=O) groups excluding carboxylic acids is 1. The molecule has 4 rings (SSSR count). The predicted molar refractivity (Wildman–Crippen MR) is 163 cm³/mol. The van der Waals surface area contributed by atoms with Gasteiger partial charge in [0.05, 0.1) is 18.6 Å². The first-order valence-electron chi connectivity index (χ1n) is 15.7. The normalized spacial score (nSPS) is 29.2. The first-order valence-corrected chi connectivity index (χ1v) is 17.3. The standard InChI is InChI=1S/C34H50NO5P/c1-23(2)28-16-14-25(5)31(20-28)39-41(37,40-32-21-29(24(3)4)17-15-26(32)6)34(30-13-10-18-35-22-30)38-33(36)19-27-11-8-7-9-12-27/h7-13,18,22-26,28-29,31-32,34H,14-17,19-21H2,1-6H3. The highest BCUT2D eigenvalue weighted by atomic mass is 31.2. The molecule has 7 atom stereocenters. The van der Waals surface area contributed by atoms with Crippen molar-refractivity contribution in [2.75, 3.05) is 0 Å². The molecule has 7 unspecified atom stereocenters. The Kier molecular flexibility index (Phi) is 11.2. The number of benzene rings is 1. The first kappa shape index (κ1) is 31.9. The van der Waals surface area contributed by atoms with E-state index in [0.29, 0.717) is 29.2 Å². The Balaban J connectivity index is 1.69. The second kappa shape index (κ2) is 14.4. The summed E-state index contributed by atoms with van der Waals surface area (Å²) in [5.74, 6) is 0.792. The molecule has 7 heteroatoms. The van der Waals surface area contributed by atoms with Gasteiger partial charge in [-0.2, -0.15) is 0 Å². The summed E-state index contributed by atoms with van der Waals surface area (Å²) < 4.78 is 34.9. The van der Waals surface area contributed by atoms with Crippen molar-refractivity contribution in [1.82, 2.24) is 4.98 Å². The fourth-order valence-corrected chi connectivity index (χ4v) is 8.78. The van der Waals surface area contributed by atoms with E-state index in [1.54, 1.807) is 24.5 Å². The molecule has 2 aliphatic carbocycles. The van der Waals surface area contributed by atoms with Gasteiger partial charge in [0, 0.05) is 18.0 Å². The van der Waals surface area contributed by atoms with Crippen LogP contribution < -0.4 is 0 Å². The van der Waals surface area contributed by atoms with Gasteiger partial charge in [0.15, 0.2) is 0 Å². The fourth-order valence-electron chi connectivity index (χ4n) is 6.41. The lowest BCUT2D eigenvalue weighted by molar-refractivity contribution is -0.146. The maximum Gasteiger partial charge on any atom is 0.376 e. The maximum absolute atomic E-state index is 15.3. The van der Waals surface area contributed by atoms with E-state index in [4.69, 9.17) is 13.8 Å². The molecule has 1 aromatic heterocycles. The maximum atomic E-state index is 15.3. The van der Waals surface area contributed by atoms with Crippen LogP contribution in [0, 0.1) is 35.5 Å². The third-order valence-electron chi connectivity index (χ3n) is 9.47. The van der Waals surface area contributed by atoms with Crippen molar-refractivity contribution in [1.29, 1.82) is 0 Å². The second-order valence-corrected chi connectivity index (χ2v) is 15.2. The van der Waals surface area contributed by atoms with Crippen molar-refractivity contribution in [2.24, 2.45) is 35.5 Å². The van der Waals surface area contributed by atoms with Gasteiger partial charge < -0.3 is 13.8 Å². The average Bonchev–Trinajstić information content (AvgIpc) is 2.95. The molecule has 2 aliphatic rings. The van der Waals surface area contributed by atoms with E-state index in [2.05, 4.69) is 46.5 Å². The minimum absolute atomic E-state index is 0.0715.